The van der Waals surface area contributed by atoms with E-state index in [0.29, 0.717) is 15.7 Å². The van der Waals surface area contributed by atoms with Gasteiger partial charge in [-0.2, -0.15) is 5.26 Å². The molecule has 2 aromatic rings. The summed E-state index contributed by atoms with van der Waals surface area (Å²) in [5.41, 5.74) is 6.93. The summed E-state index contributed by atoms with van der Waals surface area (Å²) in [6.07, 6.45) is 0. The lowest BCUT2D eigenvalue weighted by molar-refractivity contribution is 0.102. The average molecular weight is 334 g/mol. The third-order valence-electron chi connectivity index (χ3n) is 2.60. The fraction of sp³-hybridized carbons (Fsp3) is 0. The maximum absolute atomic E-state index is 13.2. The molecule has 100 valence electrons. The number of carbonyl (C=O) groups excluding carboxylic acids is 1. The van der Waals surface area contributed by atoms with E-state index in [9.17, 15) is 9.18 Å². The number of nitrogens with one attached hydrogen (secondary N) is 1. The van der Waals surface area contributed by atoms with Gasteiger partial charge in [-0.05, 0) is 52.3 Å². The van der Waals surface area contributed by atoms with Gasteiger partial charge in [0.25, 0.3) is 5.91 Å². The zero-order chi connectivity index (χ0) is 14.7. The smallest absolute Gasteiger partial charge is 0.256 e. The predicted octanol–water partition coefficient (Wildman–Crippen LogP) is 3.29. The molecule has 0 aromatic heterocycles. The van der Waals surface area contributed by atoms with Crippen molar-refractivity contribution in [2.24, 2.45) is 0 Å². The molecule has 0 fully saturated rings. The van der Waals surface area contributed by atoms with E-state index in [1.165, 1.54) is 30.3 Å². The molecule has 0 saturated heterocycles. The quantitative estimate of drug-likeness (QED) is 0.827. The van der Waals surface area contributed by atoms with E-state index in [2.05, 4.69) is 21.2 Å². The van der Waals surface area contributed by atoms with Crippen LogP contribution in [-0.2, 0) is 0 Å². The van der Waals surface area contributed by atoms with Gasteiger partial charge in [0.1, 0.15) is 5.82 Å². The number of carbonyl (C=O) groups is 1. The highest BCUT2D eigenvalue weighted by atomic mass is 79.9. The first kappa shape index (κ1) is 14.0. The second-order valence-corrected chi connectivity index (χ2v) is 4.85. The Kier molecular flexibility index (Phi) is 4.01. The molecule has 0 spiro atoms. The number of hydrogen-bond donors (Lipinski definition) is 2. The normalized spacial score (nSPS) is 9.85. The molecule has 2 rings (SSSR count). The number of nitrogens with two attached hydrogens (primary N) is 1. The summed E-state index contributed by atoms with van der Waals surface area (Å²) in [7, 11) is 0. The van der Waals surface area contributed by atoms with E-state index in [1.807, 2.05) is 6.07 Å². The Balaban J connectivity index is 2.28. The summed E-state index contributed by atoms with van der Waals surface area (Å²) in [4.78, 5) is 12.1. The summed E-state index contributed by atoms with van der Waals surface area (Å²) >= 11 is 3.18. The number of hydrogen-bond acceptors (Lipinski definition) is 3. The fourth-order valence-electron chi connectivity index (χ4n) is 1.61. The summed E-state index contributed by atoms with van der Waals surface area (Å²) in [5, 5.41) is 11.3. The first-order valence-electron chi connectivity index (χ1n) is 5.57. The van der Waals surface area contributed by atoms with E-state index in [0.717, 1.165) is 6.07 Å². The van der Waals surface area contributed by atoms with Crippen LogP contribution in [0.5, 0.6) is 0 Å². The minimum atomic E-state index is -0.508. The molecule has 20 heavy (non-hydrogen) atoms. The van der Waals surface area contributed by atoms with Gasteiger partial charge in [-0.1, -0.05) is 0 Å². The molecule has 3 N–H and O–H groups in total. The minimum absolute atomic E-state index is 0.161. The van der Waals surface area contributed by atoms with Gasteiger partial charge in [-0.15, -0.1) is 0 Å². The van der Waals surface area contributed by atoms with Crippen molar-refractivity contribution in [1.82, 2.24) is 0 Å². The number of benzene rings is 2. The number of anilines is 2. The predicted molar refractivity (Wildman–Crippen MR) is 77.6 cm³/mol. The lowest BCUT2D eigenvalue weighted by atomic mass is 10.1. The highest BCUT2D eigenvalue weighted by Gasteiger charge is 2.13. The zero-order valence-corrected chi connectivity index (χ0v) is 11.7. The van der Waals surface area contributed by atoms with Gasteiger partial charge in [0.2, 0.25) is 0 Å². The average Bonchev–Trinajstić information content (AvgIpc) is 2.43. The van der Waals surface area contributed by atoms with Crippen molar-refractivity contribution in [2.45, 2.75) is 0 Å². The zero-order valence-electron chi connectivity index (χ0n) is 10.2. The second kappa shape index (κ2) is 5.72. The van der Waals surface area contributed by atoms with Gasteiger partial charge >= 0.3 is 0 Å². The molecule has 4 nitrogen and oxygen atoms in total. The second-order valence-electron chi connectivity index (χ2n) is 3.99. The molecule has 0 aliphatic heterocycles. The number of rotatable bonds is 2. The number of nitrogen functional groups attached to an aromatic ring is 1. The van der Waals surface area contributed by atoms with Gasteiger partial charge in [-0.3, -0.25) is 4.79 Å². The van der Waals surface area contributed by atoms with Gasteiger partial charge in [0.15, 0.2) is 0 Å². The number of nitriles is 1. The van der Waals surface area contributed by atoms with Gasteiger partial charge in [0.05, 0.1) is 28.6 Å². The summed E-state index contributed by atoms with van der Waals surface area (Å²) in [5.74, 6) is -1.00. The van der Waals surface area contributed by atoms with Crippen molar-refractivity contribution in [2.75, 3.05) is 11.1 Å². The van der Waals surface area contributed by atoms with E-state index in [1.54, 1.807) is 0 Å². The Hall–Kier alpha value is -2.39. The third kappa shape index (κ3) is 2.95. The molecule has 1 amide bonds. The molecule has 0 aliphatic carbocycles. The van der Waals surface area contributed by atoms with Gasteiger partial charge < -0.3 is 11.1 Å². The first-order chi connectivity index (χ1) is 9.51. The van der Waals surface area contributed by atoms with Crippen LogP contribution in [-0.4, -0.2) is 5.91 Å². The van der Waals surface area contributed by atoms with Crippen LogP contribution in [0, 0.1) is 17.1 Å². The van der Waals surface area contributed by atoms with Crippen LogP contribution in [0.4, 0.5) is 15.8 Å². The lowest BCUT2D eigenvalue weighted by Gasteiger charge is -2.09. The maximum atomic E-state index is 13.2. The molecule has 6 heteroatoms. The van der Waals surface area contributed by atoms with E-state index in [4.69, 9.17) is 11.0 Å². The molecule has 2 aromatic carbocycles. The molecular formula is C14H9BrFN3O. The maximum Gasteiger partial charge on any atom is 0.256 e. The van der Waals surface area contributed by atoms with Gasteiger partial charge in [0, 0.05) is 4.47 Å². The van der Waals surface area contributed by atoms with Crippen LogP contribution in [0.25, 0.3) is 0 Å². The Morgan fingerprint density at radius 2 is 2.05 bits per heavy atom. The monoisotopic (exact) mass is 333 g/mol. The van der Waals surface area contributed by atoms with Crippen molar-refractivity contribution < 1.29 is 9.18 Å². The Bertz CT molecular complexity index is 725. The third-order valence-corrected chi connectivity index (χ3v) is 3.29. The van der Waals surface area contributed by atoms with Crippen molar-refractivity contribution in [3.63, 3.8) is 0 Å². The minimum Gasteiger partial charge on any atom is -0.397 e. The molecule has 0 bridgehead atoms. The first-order valence-corrected chi connectivity index (χ1v) is 6.36. The SMILES string of the molecule is N#Cc1ccc(NC(=O)c2cc(F)ccc2Br)c(N)c1. The van der Waals surface area contributed by atoms with E-state index < -0.39 is 11.7 Å². The summed E-state index contributed by atoms with van der Waals surface area (Å²) in [6.45, 7) is 0. The Morgan fingerprint density at radius 3 is 2.70 bits per heavy atom. The van der Waals surface area contributed by atoms with Crippen molar-refractivity contribution in [3.8, 4) is 6.07 Å². The van der Waals surface area contributed by atoms with Crippen LogP contribution < -0.4 is 11.1 Å². The van der Waals surface area contributed by atoms with E-state index in [-0.39, 0.29) is 11.3 Å². The molecule has 0 atom stereocenters. The number of amides is 1. The number of halogens is 2. The van der Waals surface area contributed by atoms with Crippen LogP contribution in [0.2, 0.25) is 0 Å². The molecule has 0 radical (unpaired) electrons. The van der Waals surface area contributed by atoms with Crippen LogP contribution in [0.15, 0.2) is 40.9 Å². The summed E-state index contributed by atoms with van der Waals surface area (Å²) in [6, 6.07) is 10.3. The Labute approximate surface area is 123 Å². The molecule has 0 aliphatic rings. The largest absolute Gasteiger partial charge is 0.397 e. The summed E-state index contributed by atoms with van der Waals surface area (Å²) < 4.78 is 13.6. The van der Waals surface area contributed by atoms with E-state index >= 15 is 0 Å². The topological polar surface area (TPSA) is 78.9 Å². The highest BCUT2D eigenvalue weighted by molar-refractivity contribution is 9.10. The Morgan fingerprint density at radius 1 is 1.30 bits per heavy atom. The van der Waals surface area contributed by atoms with Gasteiger partial charge in [-0.25, -0.2) is 4.39 Å². The highest BCUT2D eigenvalue weighted by Crippen LogP contribution is 2.23. The fourth-order valence-corrected chi connectivity index (χ4v) is 2.03. The van der Waals surface area contributed by atoms with Crippen molar-refractivity contribution in [1.29, 1.82) is 5.26 Å². The molecule has 0 unspecified atom stereocenters. The standard InChI is InChI=1S/C14H9BrFN3O/c15-11-3-2-9(16)6-10(11)14(20)19-13-4-1-8(7-17)5-12(13)18/h1-6H,18H2,(H,19,20). The van der Waals surface area contributed by atoms with Crippen LogP contribution in [0.3, 0.4) is 0 Å². The van der Waals surface area contributed by atoms with Crippen molar-refractivity contribution in [3.05, 3.63) is 57.8 Å². The molecular weight excluding hydrogens is 325 g/mol. The van der Waals surface area contributed by atoms with Crippen molar-refractivity contribution >= 4 is 33.2 Å². The molecule has 0 heterocycles. The van der Waals surface area contributed by atoms with Crippen LogP contribution in [0.1, 0.15) is 15.9 Å². The van der Waals surface area contributed by atoms with Crippen LogP contribution >= 0.6 is 15.9 Å². The number of nitrogens with zero attached hydrogens (tertiary/aromatic N) is 1. The lowest BCUT2D eigenvalue weighted by Crippen LogP contribution is -2.14. The molecule has 0 saturated carbocycles.